The number of rotatable bonds is 2. The number of benzene rings is 1. The Hall–Kier alpha value is -1.70. The van der Waals surface area contributed by atoms with Gasteiger partial charge in [-0.1, -0.05) is 39.1 Å². The molecule has 1 amide bonds. The molecule has 3 rings (SSSR count). The van der Waals surface area contributed by atoms with E-state index in [1.807, 2.05) is 0 Å². The van der Waals surface area contributed by atoms with Gasteiger partial charge < -0.3 is 4.98 Å². The molecule has 9 heteroatoms. The Morgan fingerprint density at radius 3 is 2.86 bits per heavy atom. The van der Waals surface area contributed by atoms with Crippen LogP contribution in [0.2, 0.25) is 10.2 Å². The maximum Gasteiger partial charge on any atom is 0.259 e. The van der Waals surface area contributed by atoms with Gasteiger partial charge in [0, 0.05) is 4.47 Å². The predicted molar refractivity (Wildman–Crippen MR) is 83.8 cm³/mol. The Balaban J connectivity index is 1.92. The number of halogens is 3. The summed E-state index contributed by atoms with van der Waals surface area (Å²) in [5.74, 6) is -0.373. The van der Waals surface area contributed by atoms with Gasteiger partial charge in [0.05, 0.1) is 16.9 Å². The number of anilines is 1. The summed E-state index contributed by atoms with van der Waals surface area (Å²) in [5.41, 5.74) is 1.19. The monoisotopic (exact) mass is 385 g/mol. The van der Waals surface area contributed by atoms with E-state index < -0.39 is 5.91 Å². The number of nitrogens with one attached hydrogen (secondary N) is 2. The van der Waals surface area contributed by atoms with Crippen molar-refractivity contribution in [3.63, 3.8) is 0 Å². The molecule has 21 heavy (non-hydrogen) atoms. The molecule has 0 aliphatic rings. The number of hydrogen-bond donors (Lipinski definition) is 2. The van der Waals surface area contributed by atoms with Crippen molar-refractivity contribution in [2.45, 2.75) is 0 Å². The number of carbonyl (C=O) groups is 1. The summed E-state index contributed by atoms with van der Waals surface area (Å²) >= 11 is 15.3. The molecule has 0 spiro atoms. The average Bonchev–Trinajstić information content (AvgIpc) is 2.87. The molecule has 2 heterocycles. The molecule has 0 aliphatic carbocycles. The van der Waals surface area contributed by atoms with Crippen LogP contribution < -0.4 is 5.32 Å². The lowest BCUT2D eigenvalue weighted by molar-refractivity contribution is 0.102. The van der Waals surface area contributed by atoms with Crippen LogP contribution in [0.25, 0.3) is 11.2 Å². The zero-order valence-corrected chi connectivity index (χ0v) is 13.3. The summed E-state index contributed by atoms with van der Waals surface area (Å²) < 4.78 is 0.779. The molecule has 0 atom stereocenters. The van der Waals surface area contributed by atoms with E-state index in [0.29, 0.717) is 21.7 Å². The van der Waals surface area contributed by atoms with Gasteiger partial charge in [0.15, 0.2) is 10.8 Å². The molecular weight excluding hydrogens is 381 g/mol. The first-order valence-electron chi connectivity index (χ1n) is 5.67. The Labute approximate surface area is 137 Å². The highest BCUT2D eigenvalue weighted by Gasteiger charge is 2.14. The summed E-state index contributed by atoms with van der Waals surface area (Å²) in [6.07, 6.45) is 1.45. The lowest BCUT2D eigenvalue weighted by Gasteiger charge is -2.06. The molecule has 0 radical (unpaired) electrons. The van der Waals surface area contributed by atoms with Gasteiger partial charge in [0.1, 0.15) is 5.52 Å². The van der Waals surface area contributed by atoms with Crippen molar-refractivity contribution < 1.29 is 4.79 Å². The fourth-order valence-corrected chi connectivity index (χ4v) is 2.67. The van der Waals surface area contributed by atoms with E-state index in [4.69, 9.17) is 23.2 Å². The topological polar surface area (TPSA) is 83.6 Å². The van der Waals surface area contributed by atoms with Crippen LogP contribution in [0.3, 0.4) is 0 Å². The van der Waals surface area contributed by atoms with E-state index in [0.717, 1.165) is 4.47 Å². The molecule has 106 valence electrons. The van der Waals surface area contributed by atoms with Gasteiger partial charge >= 0.3 is 0 Å². The fraction of sp³-hybridized carbons (Fsp3) is 0. The second-order valence-corrected chi connectivity index (χ2v) is 5.70. The maximum atomic E-state index is 12.2. The van der Waals surface area contributed by atoms with Crippen molar-refractivity contribution in [3.8, 4) is 0 Å². The molecular formula is C12H6BrCl2N5O. The number of aromatic nitrogens is 4. The quantitative estimate of drug-likeness (QED) is 0.658. The van der Waals surface area contributed by atoms with Crippen molar-refractivity contribution in [1.82, 2.24) is 19.9 Å². The molecule has 0 saturated carbocycles. The lowest BCUT2D eigenvalue weighted by atomic mass is 10.2. The molecule has 3 aromatic rings. The number of hydrogen-bond acceptors (Lipinski definition) is 4. The largest absolute Gasteiger partial charge is 0.341 e. The van der Waals surface area contributed by atoms with Crippen LogP contribution in [0.1, 0.15) is 10.4 Å². The summed E-state index contributed by atoms with van der Waals surface area (Å²) in [6, 6.07) is 4.93. The third-order valence-electron chi connectivity index (χ3n) is 2.64. The predicted octanol–water partition coefficient (Wildman–Crippen LogP) is 3.67. The van der Waals surface area contributed by atoms with Crippen LogP contribution in [-0.4, -0.2) is 25.8 Å². The molecule has 6 nitrogen and oxygen atoms in total. The number of fused-ring (bicyclic) bond motifs is 1. The van der Waals surface area contributed by atoms with Crippen molar-refractivity contribution in [2.75, 3.05) is 5.32 Å². The Bertz CT molecular complexity index is 851. The molecule has 0 saturated heterocycles. The summed E-state index contributed by atoms with van der Waals surface area (Å²) in [7, 11) is 0. The van der Waals surface area contributed by atoms with Crippen LogP contribution in [-0.2, 0) is 0 Å². The van der Waals surface area contributed by atoms with Gasteiger partial charge in [-0.25, -0.2) is 4.98 Å². The third kappa shape index (κ3) is 2.85. The maximum absolute atomic E-state index is 12.2. The lowest BCUT2D eigenvalue weighted by Crippen LogP contribution is -2.14. The minimum absolute atomic E-state index is 0.0589. The number of amides is 1. The summed E-state index contributed by atoms with van der Waals surface area (Å²) in [6.45, 7) is 0. The molecule has 0 fully saturated rings. The zero-order valence-electron chi connectivity index (χ0n) is 10.2. The highest BCUT2D eigenvalue weighted by molar-refractivity contribution is 9.10. The smallest absolute Gasteiger partial charge is 0.259 e. The Kier molecular flexibility index (Phi) is 3.79. The Morgan fingerprint density at radius 1 is 1.29 bits per heavy atom. The van der Waals surface area contributed by atoms with E-state index in [9.17, 15) is 4.79 Å². The molecule has 0 unspecified atom stereocenters. The SMILES string of the molecule is O=C(Nc1nc(Cl)c2[nH]cnc2n1)c1ccc(Br)cc1Cl. The van der Waals surface area contributed by atoms with Gasteiger partial charge in [-0.05, 0) is 18.2 Å². The number of aromatic amines is 1. The van der Waals surface area contributed by atoms with Crippen molar-refractivity contribution in [1.29, 1.82) is 0 Å². The van der Waals surface area contributed by atoms with E-state index in [1.165, 1.54) is 6.33 Å². The number of H-pyrrole nitrogens is 1. The van der Waals surface area contributed by atoms with Gasteiger partial charge in [-0.15, -0.1) is 0 Å². The van der Waals surface area contributed by atoms with E-state index in [-0.39, 0.29) is 11.1 Å². The Morgan fingerprint density at radius 2 is 2.10 bits per heavy atom. The molecule has 2 aromatic heterocycles. The molecule has 0 aliphatic heterocycles. The number of carbonyl (C=O) groups excluding carboxylic acids is 1. The van der Waals surface area contributed by atoms with Gasteiger partial charge in [0.25, 0.3) is 5.91 Å². The third-order valence-corrected chi connectivity index (χ3v) is 3.72. The van der Waals surface area contributed by atoms with Gasteiger partial charge in [-0.3, -0.25) is 10.1 Å². The molecule has 0 bridgehead atoms. The van der Waals surface area contributed by atoms with E-state index >= 15 is 0 Å². The summed E-state index contributed by atoms with van der Waals surface area (Å²) in [4.78, 5) is 27.0. The first-order valence-corrected chi connectivity index (χ1v) is 7.22. The summed E-state index contributed by atoms with van der Waals surface area (Å²) in [5, 5.41) is 3.03. The van der Waals surface area contributed by atoms with Crippen LogP contribution >= 0.6 is 39.1 Å². The van der Waals surface area contributed by atoms with Gasteiger partial charge in [0.2, 0.25) is 5.95 Å². The zero-order chi connectivity index (χ0) is 15.0. The van der Waals surface area contributed by atoms with Crippen molar-refractivity contribution in [3.05, 3.63) is 44.7 Å². The number of imidazole rings is 1. The van der Waals surface area contributed by atoms with Crippen molar-refractivity contribution >= 4 is 62.2 Å². The van der Waals surface area contributed by atoms with Crippen LogP contribution in [0.4, 0.5) is 5.95 Å². The van der Waals surface area contributed by atoms with Gasteiger partial charge in [-0.2, -0.15) is 9.97 Å². The highest BCUT2D eigenvalue weighted by Crippen LogP contribution is 2.23. The first kappa shape index (κ1) is 14.2. The first-order chi connectivity index (χ1) is 10.0. The van der Waals surface area contributed by atoms with Crippen LogP contribution in [0, 0.1) is 0 Å². The minimum atomic E-state index is -0.432. The second-order valence-electron chi connectivity index (χ2n) is 4.02. The normalized spacial score (nSPS) is 10.8. The molecule has 1 aromatic carbocycles. The fourth-order valence-electron chi connectivity index (χ4n) is 1.70. The van der Waals surface area contributed by atoms with Crippen LogP contribution in [0.5, 0.6) is 0 Å². The van der Waals surface area contributed by atoms with Crippen molar-refractivity contribution in [2.24, 2.45) is 0 Å². The minimum Gasteiger partial charge on any atom is -0.341 e. The highest BCUT2D eigenvalue weighted by atomic mass is 79.9. The average molecular weight is 387 g/mol. The molecule has 2 N–H and O–H groups in total. The van der Waals surface area contributed by atoms with E-state index in [1.54, 1.807) is 18.2 Å². The van der Waals surface area contributed by atoms with E-state index in [2.05, 4.69) is 41.2 Å². The standard InChI is InChI=1S/C12H6BrCl2N5O/c13-5-1-2-6(7(14)3-5)11(21)20-12-18-9(15)8-10(19-12)17-4-16-8/h1-4H,(H2,16,17,18,19,20,21). The number of nitrogens with zero attached hydrogens (tertiary/aromatic N) is 3. The van der Waals surface area contributed by atoms with Crippen LogP contribution in [0.15, 0.2) is 29.0 Å². The second kappa shape index (κ2) is 5.59.